The van der Waals surface area contributed by atoms with Crippen molar-refractivity contribution in [3.05, 3.63) is 52.7 Å². The SMILES string of the molecule is CC(N)C1(c2ccccc2-n2cc[nH]c2=O)CC1. The van der Waals surface area contributed by atoms with Crippen molar-refractivity contribution in [1.29, 1.82) is 0 Å². The van der Waals surface area contributed by atoms with Crippen LogP contribution in [0.5, 0.6) is 0 Å². The third-order valence-electron chi connectivity index (χ3n) is 4.01. The topological polar surface area (TPSA) is 63.8 Å². The first-order valence-electron chi connectivity index (χ1n) is 6.27. The minimum atomic E-state index is -0.108. The molecule has 1 aromatic heterocycles. The number of rotatable bonds is 3. The van der Waals surface area contributed by atoms with Crippen molar-refractivity contribution in [3.8, 4) is 5.69 Å². The summed E-state index contributed by atoms with van der Waals surface area (Å²) in [6.45, 7) is 2.05. The summed E-state index contributed by atoms with van der Waals surface area (Å²) in [5.41, 5.74) is 8.20. The molecular formula is C14H17N3O. The molecule has 1 unspecified atom stereocenters. The van der Waals surface area contributed by atoms with Gasteiger partial charge in [-0.05, 0) is 31.4 Å². The Balaban J connectivity index is 2.18. The fourth-order valence-corrected chi connectivity index (χ4v) is 2.72. The van der Waals surface area contributed by atoms with Crippen LogP contribution >= 0.6 is 0 Å². The van der Waals surface area contributed by atoms with E-state index >= 15 is 0 Å². The Labute approximate surface area is 105 Å². The van der Waals surface area contributed by atoms with Gasteiger partial charge < -0.3 is 10.7 Å². The van der Waals surface area contributed by atoms with Crippen molar-refractivity contribution in [2.24, 2.45) is 5.73 Å². The quantitative estimate of drug-likeness (QED) is 0.859. The molecule has 1 fully saturated rings. The van der Waals surface area contributed by atoms with Gasteiger partial charge in [-0.1, -0.05) is 18.2 Å². The molecule has 0 saturated heterocycles. The predicted octanol–water partition coefficient (Wildman–Crippen LogP) is 1.54. The number of H-pyrrole nitrogens is 1. The monoisotopic (exact) mass is 243 g/mol. The van der Waals surface area contributed by atoms with Crippen LogP contribution in [0.3, 0.4) is 0 Å². The Morgan fingerprint density at radius 3 is 2.67 bits per heavy atom. The molecule has 1 aliphatic rings. The average Bonchev–Trinajstić information content (AvgIpc) is 3.07. The number of hydrogen-bond donors (Lipinski definition) is 2. The third-order valence-corrected chi connectivity index (χ3v) is 4.01. The lowest BCUT2D eigenvalue weighted by Crippen LogP contribution is -2.33. The van der Waals surface area contributed by atoms with E-state index in [0.717, 1.165) is 18.5 Å². The maximum absolute atomic E-state index is 11.8. The van der Waals surface area contributed by atoms with Gasteiger partial charge in [0.15, 0.2) is 0 Å². The summed E-state index contributed by atoms with van der Waals surface area (Å²) < 4.78 is 1.65. The largest absolute Gasteiger partial charge is 0.330 e. The molecule has 1 atom stereocenters. The fourth-order valence-electron chi connectivity index (χ4n) is 2.72. The van der Waals surface area contributed by atoms with Crippen LogP contribution in [-0.2, 0) is 5.41 Å². The lowest BCUT2D eigenvalue weighted by molar-refractivity contribution is 0.554. The summed E-state index contributed by atoms with van der Waals surface area (Å²) in [5.74, 6) is 0. The zero-order valence-corrected chi connectivity index (χ0v) is 10.4. The number of para-hydroxylation sites is 1. The van der Waals surface area contributed by atoms with Gasteiger partial charge in [-0.15, -0.1) is 0 Å². The molecule has 2 aromatic rings. The van der Waals surface area contributed by atoms with E-state index < -0.39 is 0 Å². The number of benzene rings is 1. The zero-order chi connectivity index (χ0) is 12.8. The van der Waals surface area contributed by atoms with Crippen molar-refractivity contribution < 1.29 is 0 Å². The summed E-state index contributed by atoms with van der Waals surface area (Å²) in [6, 6.07) is 8.14. The van der Waals surface area contributed by atoms with E-state index in [1.807, 2.05) is 25.1 Å². The van der Waals surface area contributed by atoms with Gasteiger partial charge in [-0.3, -0.25) is 4.57 Å². The highest BCUT2D eigenvalue weighted by Crippen LogP contribution is 2.51. The van der Waals surface area contributed by atoms with E-state index in [9.17, 15) is 4.79 Å². The van der Waals surface area contributed by atoms with Gasteiger partial charge in [-0.2, -0.15) is 0 Å². The van der Waals surface area contributed by atoms with Crippen molar-refractivity contribution in [1.82, 2.24) is 9.55 Å². The minimum absolute atomic E-state index is 0.0489. The van der Waals surface area contributed by atoms with Gasteiger partial charge in [0.05, 0.1) is 5.69 Å². The average molecular weight is 243 g/mol. The number of aromatic amines is 1. The molecule has 1 heterocycles. The Hall–Kier alpha value is -1.81. The number of nitrogens with one attached hydrogen (secondary N) is 1. The van der Waals surface area contributed by atoms with Crippen LogP contribution in [0.1, 0.15) is 25.3 Å². The Morgan fingerprint density at radius 1 is 1.39 bits per heavy atom. The molecule has 0 bridgehead atoms. The summed E-state index contributed by atoms with van der Waals surface area (Å²) >= 11 is 0. The predicted molar refractivity (Wildman–Crippen MR) is 71.0 cm³/mol. The van der Waals surface area contributed by atoms with Gasteiger partial charge in [0.25, 0.3) is 0 Å². The molecule has 4 heteroatoms. The molecule has 0 amide bonds. The summed E-state index contributed by atoms with van der Waals surface area (Å²) in [4.78, 5) is 14.4. The highest BCUT2D eigenvalue weighted by molar-refractivity contribution is 5.49. The molecule has 0 radical (unpaired) electrons. The summed E-state index contributed by atoms with van der Waals surface area (Å²) in [7, 11) is 0. The molecule has 3 N–H and O–H groups in total. The van der Waals surface area contributed by atoms with Crippen LogP contribution in [0.2, 0.25) is 0 Å². The summed E-state index contributed by atoms with van der Waals surface area (Å²) in [5, 5.41) is 0. The normalized spacial score (nSPS) is 18.6. The standard InChI is InChI=1S/C14H17N3O/c1-10(15)14(6-7-14)11-4-2-3-5-12(11)17-9-8-16-13(17)18/h2-5,8-10H,6-7,15H2,1H3,(H,16,18). The molecule has 1 aromatic carbocycles. The van der Waals surface area contributed by atoms with E-state index in [0.29, 0.717) is 0 Å². The zero-order valence-electron chi connectivity index (χ0n) is 10.4. The van der Waals surface area contributed by atoms with Crippen molar-refractivity contribution in [2.75, 3.05) is 0 Å². The van der Waals surface area contributed by atoms with Crippen LogP contribution in [0.25, 0.3) is 5.69 Å². The number of nitrogens with zero attached hydrogens (tertiary/aromatic N) is 1. The van der Waals surface area contributed by atoms with Crippen LogP contribution in [0.15, 0.2) is 41.5 Å². The molecule has 18 heavy (non-hydrogen) atoms. The van der Waals surface area contributed by atoms with Crippen LogP contribution in [0, 0.1) is 0 Å². The van der Waals surface area contributed by atoms with E-state index in [4.69, 9.17) is 5.73 Å². The van der Waals surface area contributed by atoms with Crippen LogP contribution in [0.4, 0.5) is 0 Å². The van der Waals surface area contributed by atoms with E-state index in [-0.39, 0.29) is 17.1 Å². The smallest absolute Gasteiger partial charge is 0.327 e. The van der Waals surface area contributed by atoms with Crippen LogP contribution < -0.4 is 11.4 Å². The molecule has 94 valence electrons. The molecule has 1 aliphatic carbocycles. The van der Waals surface area contributed by atoms with Gasteiger partial charge in [0.1, 0.15) is 0 Å². The first kappa shape index (κ1) is 11.3. The Kier molecular flexibility index (Phi) is 2.41. The lowest BCUT2D eigenvalue weighted by Gasteiger charge is -2.23. The van der Waals surface area contributed by atoms with Crippen molar-refractivity contribution in [2.45, 2.75) is 31.2 Å². The molecule has 0 spiro atoms. The Morgan fingerprint density at radius 2 is 2.11 bits per heavy atom. The first-order valence-corrected chi connectivity index (χ1v) is 6.27. The van der Waals surface area contributed by atoms with Gasteiger partial charge in [0, 0.05) is 23.9 Å². The maximum Gasteiger partial charge on any atom is 0.330 e. The van der Waals surface area contributed by atoms with Crippen molar-refractivity contribution in [3.63, 3.8) is 0 Å². The highest BCUT2D eigenvalue weighted by atomic mass is 16.1. The first-order chi connectivity index (χ1) is 8.65. The number of imidazole rings is 1. The second kappa shape index (κ2) is 3.85. The molecule has 3 rings (SSSR count). The van der Waals surface area contributed by atoms with Gasteiger partial charge in [0.2, 0.25) is 0 Å². The van der Waals surface area contributed by atoms with E-state index in [1.54, 1.807) is 17.0 Å². The van der Waals surface area contributed by atoms with Gasteiger partial charge in [-0.25, -0.2) is 4.79 Å². The maximum atomic E-state index is 11.8. The summed E-state index contributed by atoms with van der Waals surface area (Å²) in [6.07, 6.45) is 5.62. The Bertz CT molecular complexity index is 620. The third kappa shape index (κ3) is 1.53. The fraction of sp³-hybridized carbons (Fsp3) is 0.357. The molecule has 1 saturated carbocycles. The lowest BCUT2D eigenvalue weighted by atomic mass is 9.88. The molecule has 0 aliphatic heterocycles. The second-order valence-electron chi connectivity index (χ2n) is 5.10. The minimum Gasteiger partial charge on any atom is -0.327 e. The molecular weight excluding hydrogens is 226 g/mol. The highest BCUT2D eigenvalue weighted by Gasteiger charge is 2.48. The van der Waals surface area contributed by atoms with Crippen molar-refractivity contribution >= 4 is 0 Å². The second-order valence-corrected chi connectivity index (χ2v) is 5.10. The number of hydrogen-bond acceptors (Lipinski definition) is 2. The van der Waals surface area contributed by atoms with E-state index in [2.05, 4.69) is 11.1 Å². The number of nitrogens with two attached hydrogens (primary N) is 1. The van der Waals surface area contributed by atoms with Crippen LogP contribution in [-0.4, -0.2) is 15.6 Å². The van der Waals surface area contributed by atoms with E-state index in [1.165, 1.54) is 5.56 Å². The molecule has 4 nitrogen and oxygen atoms in total. The number of aromatic nitrogens is 2. The van der Waals surface area contributed by atoms with Gasteiger partial charge >= 0.3 is 5.69 Å².